The van der Waals surface area contributed by atoms with Crippen LogP contribution in [0.2, 0.25) is 0 Å². The van der Waals surface area contributed by atoms with Crippen molar-refractivity contribution in [3.05, 3.63) is 5.69 Å². The molecule has 1 saturated heterocycles. The molecule has 1 aromatic heterocycles. The lowest BCUT2D eigenvalue weighted by Gasteiger charge is -2.21. The summed E-state index contributed by atoms with van der Waals surface area (Å²) in [5, 5.41) is 4.08. The minimum absolute atomic E-state index is 0.695. The number of hydrogen-bond donors (Lipinski definition) is 2. The van der Waals surface area contributed by atoms with Crippen molar-refractivity contribution in [2.24, 2.45) is 5.92 Å². The lowest BCUT2D eigenvalue weighted by atomic mass is 10.0. The lowest BCUT2D eigenvalue weighted by Crippen LogP contribution is -2.28. The number of nitrogens with zero attached hydrogens (tertiary/aromatic N) is 1. The summed E-state index contributed by atoms with van der Waals surface area (Å²) in [6.45, 7) is 4.39. The van der Waals surface area contributed by atoms with Crippen LogP contribution in [-0.2, 0) is 0 Å². The van der Waals surface area contributed by atoms with Crippen LogP contribution in [0.25, 0.3) is 0 Å². The molecule has 2 rings (SSSR count). The number of nitrogens with two attached hydrogens (primary N) is 1. The van der Waals surface area contributed by atoms with Crippen LogP contribution in [0.1, 0.15) is 18.5 Å². The number of aromatic nitrogens is 1. The summed E-state index contributed by atoms with van der Waals surface area (Å²) in [5.41, 5.74) is 6.77. The van der Waals surface area contributed by atoms with Gasteiger partial charge in [0.25, 0.3) is 0 Å². The van der Waals surface area contributed by atoms with Crippen LogP contribution in [0, 0.1) is 12.8 Å². The number of nitrogens with one attached hydrogen (secondary N) is 1. The first kappa shape index (κ1) is 11.2. The quantitative estimate of drug-likeness (QED) is 0.799. The third-order valence-corrected chi connectivity index (χ3v) is 5.26. The van der Waals surface area contributed by atoms with Gasteiger partial charge in [-0.2, -0.15) is 0 Å². The van der Waals surface area contributed by atoms with Gasteiger partial charge < -0.3 is 11.1 Å². The predicted octanol–water partition coefficient (Wildman–Crippen LogP) is 2.13. The number of thioether (sulfide) groups is 1. The number of thiazole rings is 1. The summed E-state index contributed by atoms with van der Waals surface area (Å²) >= 11 is 3.54. The van der Waals surface area contributed by atoms with Crippen LogP contribution in [0.5, 0.6) is 0 Å². The Morgan fingerprint density at radius 1 is 1.53 bits per heavy atom. The van der Waals surface area contributed by atoms with Crippen molar-refractivity contribution in [1.29, 1.82) is 0 Å². The van der Waals surface area contributed by atoms with E-state index in [0.29, 0.717) is 5.13 Å². The lowest BCUT2D eigenvalue weighted by molar-refractivity contribution is 0.408. The maximum absolute atomic E-state index is 5.67. The number of hydrogen-bond acceptors (Lipinski definition) is 5. The number of anilines is 1. The van der Waals surface area contributed by atoms with Crippen molar-refractivity contribution in [2.75, 3.05) is 24.6 Å². The maximum Gasteiger partial charge on any atom is 0.181 e. The molecule has 0 atom stereocenters. The maximum atomic E-state index is 5.67. The highest BCUT2D eigenvalue weighted by atomic mass is 32.2. The molecule has 5 heteroatoms. The summed E-state index contributed by atoms with van der Waals surface area (Å²) in [4.78, 5) is 4.24. The third-order valence-electron chi connectivity index (χ3n) is 2.68. The van der Waals surface area contributed by atoms with E-state index in [-0.39, 0.29) is 0 Å². The van der Waals surface area contributed by atoms with Gasteiger partial charge in [-0.05, 0) is 38.8 Å². The van der Waals surface area contributed by atoms with E-state index >= 15 is 0 Å². The number of nitrogen functional groups attached to an aromatic ring is 1. The Kier molecular flexibility index (Phi) is 3.88. The van der Waals surface area contributed by atoms with Gasteiger partial charge in [0.1, 0.15) is 0 Å². The van der Waals surface area contributed by atoms with Crippen LogP contribution < -0.4 is 11.1 Å². The van der Waals surface area contributed by atoms with E-state index in [4.69, 9.17) is 5.73 Å². The molecule has 15 heavy (non-hydrogen) atoms. The smallest absolute Gasteiger partial charge is 0.181 e. The van der Waals surface area contributed by atoms with Crippen LogP contribution in [0.15, 0.2) is 4.21 Å². The zero-order chi connectivity index (χ0) is 10.7. The molecule has 2 heterocycles. The molecule has 3 N–H and O–H groups in total. The SMILES string of the molecule is Cc1nc(N)sc1SCC1CCNCC1. The Labute approximate surface area is 98.9 Å². The molecule has 3 nitrogen and oxygen atoms in total. The van der Waals surface area contributed by atoms with Crippen LogP contribution in [-0.4, -0.2) is 23.8 Å². The normalized spacial score (nSPS) is 18.2. The van der Waals surface area contributed by atoms with E-state index in [2.05, 4.69) is 10.3 Å². The van der Waals surface area contributed by atoms with Crippen molar-refractivity contribution >= 4 is 28.2 Å². The fourth-order valence-electron chi connectivity index (χ4n) is 1.78. The van der Waals surface area contributed by atoms with Gasteiger partial charge in [0.15, 0.2) is 5.13 Å². The fraction of sp³-hybridized carbons (Fsp3) is 0.700. The largest absolute Gasteiger partial charge is 0.375 e. The Bertz CT molecular complexity index is 318. The van der Waals surface area contributed by atoms with Crippen LogP contribution >= 0.6 is 23.1 Å². The van der Waals surface area contributed by atoms with Gasteiger partial charge in [-0.25, -0.2) is 4.98 Å². The molecule has 0 spiro atoms. The van der Waals surface area contributed by atoms with Crippen LogP contribution in [0.3, 0.4) is 0 Å². The van der Waals surface area contributed by atoms with E-state index in [1.807, 2.05) is 18.7 Å². The van der Waals surface area contributed by atoms with E-state index in [1.165, 1.54) is 35.9 Å². The molecule has 1 aliphatic rings. The second-order valence-corrected chi connectivity index (χ2v) is 6.25. The number of piperidine rings is 1. The molecule has 0 aromatic carbocycles. The molecule has 0 saturated carbocycles. The monoisotopic (exact) mass is 243 g/mol. The molecule has 0 unspecified atom stereocenters. The molecular formula is C10H17N3S2. The first-order valence-corrected chi connectivity index (χ1v) is 7.12. The van der Waals surface area contributed by atoms with Gasteiger partial charge in [0.2, 0.25) is 0 Å². The van der Waals surface area contributed by atoms with Gasteiger partial charge in [-0.1, -0.05) is 11.3 Å². The summed E-state index contributed by atoms with van der Waals surface area (Å²) in [6.07, 6.45) is 2.61. The van der Waals surface area contributed by atoms with Crippen molar-refractivity contribution < 1.29 is 0 Å². The van der Waals surface area contributed by atoms with Gasteiger partial charge in [0, 0.05) is 5.75 Å². The average molecular weight is 243 g/mol. The Balaban J connectivity index is 1.84. The van der Waals surface area contributed by atoms with Crippen molar-refractivity contribution in [1.82, 2.24) is 10.3 Å². The minimum Gasteiger partial charge on any atom is -0.375 e. The average Bonchev–Trinajstić information content (AvgIpc) is 2.56. The molecule has 1 aliphatic heterocycles. The fourth-order valence-corrected chi connectivity index (χ4v) is 4.02. The minimum atomic E-state index is 0.695. The summed E-state index contributed by atoms with van der Waals surface area (Å²) in [7, 11) is 0. The Morgan fingerprint density at radius 3 is 2.87 bits per heavy atom. The number of aryl methyl sites for hydroxylation is 1. The Morgan fingerprint density at radius 2 is 2.27 bits per heavy atom. The van der Waals surface area contributed by atoms with E-state index in [0.717, 1.165) is 11.6 Å². The summed E-state index contributed by atoms with van der Waals surface area (Å²) in [5.74, 6) is 2.07. The molecule has 1 aromatic rings. The molecule has 0 amide bonds. The summed E-state index contributed by atoms with van der Waals surface area (Å²) < 4.78 is 1.30. The molecule has 0 bridgehead atoms. The zero-order valence-electron chi connectivity index (χ0n) is 8.95. The summed E-state index contributed by atoms with van der Waals surface area (Å²) in [6, 6.07) is 0. The van der Waals surface area contributed by atoms with Gasteiger partial charge >= 0.3 is 0 Å². The Hall–Kier alpha value is -0.260. The third kappa shape index (κ3) is 3.09. The topological polar surface area (TPSA) is 50.9 Å². The van der Waals surface area contributed by atoms with Crippen LogP contribution in [0.4, 0.5) is 5.13 Å². The highest BCUT2D eigenvalue weighted by molar-refractivity contribution is 8.01. The number of rotatable bonds is 3. The molecular weight excluding hydrogens is 226 g/mol. The highest BCUT2D eigenvalue weighted by Crippen LogP contribution is 2.33. The van der Waals surface area contributed by atoms with Crippen molar-refractivity contribution in [2.45, 2.75) is 24.0 Å². The second-order valence-electron chi connectivity index (χ2n) is 3.93. The molecule has 0 aliphatic carbocycles. The first-order valence-electron chi connectivity index (χ1n) is 5.32. The van der Waals surface area contributed by atoms with Crippen molar-refractivity contribution in [3.63, 3.8) is 0 Å². The standard InChI is InChI=1S/C10H17N3S2/c1-7-9(15-10(11)13-7)14-6-8-2-4-12-5-3-8/h8,12H,2-6H2,1H3,(H2,11,13). The second kappa shape index (κ2) is 5.18. The highest BCUT2D eigenvalue weighted by Gasteiger charge is 2.14. The molecule has 0 radical (unpaired) electrons. The molecule has 84 valence electrons. The predicted molar refractivity (Wildman–Crippen MR) is 67.6 cm³/mol. The van der Waals surface area contributed by atoms with E-state index in [1.54, 1.807) is 11.3 Å². The van der Waals surface area contributed by atoms with E-state index in [9.17, 15) is 0 Å². The van der Waals surface area contributed by atoms with Crippen molar-refractivity contribution in [3.8, 4) is 0 Å². The van der Waals surface area contributed by atoms with Gasteiger partial charge in [0.05, 0.1) is 9.90 Å². The molecule has 1 fully saturated rings. The zero-order valence-corrected chi connectivity index (χ0v) is 10.6. The van der Waals surface area contributed by atoms with E-state index < -0.39 is 0 Å². The first-order chi connectivity index (χ1) is 7.25. The van der Waals surface area contributed by atoms with Gasteiger partial charge in [-0.15, -0.1) is 11.8 Å². The van der Waals surface area contributed by atoms with Gasteiger partial charge in [-0.3, -0.25) is 0 Å².